The number of rotatable bonds is 3. The summed E-state index contributed by atoms with van der Waals surface area (Å²) in [6, 6.07) is 10.0. The zero-order valence-electron chi connectivity index (χ0n) is 20.1. The number of allylic oxidation sites excluding steroid dienone is 2. The van der Waals surface area contributed by atoms with Crippen LogP contribution in [0.25, 0.3) is 11.1 Å². The fourth-order valence-electron chi connectivity index (χ4n) is 5.57. The maximum Gasteiger partial charge on any atom is 0.393 e. The molecule has 0 amide bonds. The normalized spacial score (nSPS) is 21.0. The molecule has 4 nitrogen and oxygen atoms in total. The number of hydrogen-bond acceptors (Lipinski definition) is 4. The van der Waals surface area contributed by atoms with Gasteiger partial charge in [-0.15, -0.1) is 0 Å². The molecular weight excluding hydrogens is 470 g/mol. The molecule has 1 aliphatic heterocycles. The van der Waals surface area contributed by atoms with E-state index in [0.29, 0.717) is 46.5 Å². The quantitative estimate of drug-likeness (QED) is 0.408. The number of nitrogens with zero attached hydrogens (tertiary/aromatic N) is 2. The van der Waals surface area contributed by atoms with Crippen molar-refractivity contribution >= 4 is 11.6 Å². The smallest absolute Gasteiger partial charge is 0.343 e. The lowest BCUT2D eigenvalue weighted by molar-refractivity contribution is -0.127. The Morgan fingerprint density at radius 1 is 1.06 bits per heavy atom. The van der Waals surface area contributed by atoms with E-state index >= 15 is 0 Å². The number of anilines is 1. The molecule has 1 N–H and O–H groups in total. The number of carbonyl (C=O) groups excluding carboxylic acids is 1. The summed E-state index contributed by atoms with van der Waals surface area (Å²) in [6.45, 7) is 5.91. The first-order valence-corrected chi connectivity index (χ1v) is 11.7. The van der Waals surface area contributed by atoms with Crippen molar-refractivity contribution in [1.29, 1.82) is 0 Å². The molecule has 0 unspecified atom stereocenters. The van der Waals surface area contributed by atoms with E-state index < -0.39 is 23.8 Å². The lowest BCUT2D eigenvalue weighted by Gasteiger charge is -2.44. The Labute approximate surface area is 206 Å². The number of pyridine rings is 2. The van der Waals surface area contributed by atoms with Crippen molar-refractivity contribution in [2.45, 2.75) is 51.6 Å². The molecule has 0 spiro atoms. The Kier molecular flexibility index (Phi) is 5.54. The van der Waals surface area contributed by atoms with Crippen molar-refractivity contribution in [3.05, 3.63) is 88.8 Å². The molecule has 5 rings (SSSR count). The summed E-state index contributed by atoms with van der Waals surface area (Å²) in [5.74, 6) is -0.111. The maximum absolute atomic E-state index is 14.4. The first kappa shape index (κ1) is 24.2. The highest BCUT2D eigenvalue weighted by Crippen LogP contribution is 2.52. The molecule has 1 aliphatic carbocycles. The van der Waals surface area contributed by atoms with Crippen LogP contribution in [0.2, 0.25) is 0 Å². The van der Waals surface area contributed by atoms with Crippen LogP contribution in [0.5, 0.6) is 0 Å². The van der Waals surface area contributed by atoms with E-state index in [1.807, 2.05) is 26.8 Å². The van der Waals surface area contributed by atoms with E-state index in [4.69, 9.17) is 0 Å². The van der Waals surface area contributed by atoms with Crippen LogP contribution >= 0.6 is 0 Å². The summed E-state index contributed by atoms with van der Waals surface area (Å²) >= 11 is 0. The van der Waals surface area contributed by atoms with Crippen LogP contribution in [-0.4, -0.2) is 21.9 Å². The minimum Gasteiger partial charge on any atom is -0.343 e. The van der Waals surface area contributed by atoms with Crippen LogP contribution in [0.3, 0.4) is 0 Å². The van der Waals surface area contributed by atoms with Gasteiger partial charge in [0.2, 0.25) is 0 Å². The van der Waals surface area contributed by atoms with Crippen molar-refractivity contribution in [2.24, 2.45) is 5.41 Å². The molecule has 1 aromatic carbocycles. The van der Waals surface area contributed by atoms with Gasteiger partial charge in [-0.3, -0.25) is 9.78 Å². The number of carbonyl (C=O) groups is 1. The summed E-state index contributed by atoms with van der Waals surface area (Å²) in [7, 11) is 0. The lowest BCUT2D eigenvalue weighted by atomic mass is 9.61. The average Bonchev–Trinajstić information content (AvgIpc) is 2.78. The van der Waals surface area contributed by atoms with Crippen LogP contribution in [0.15, 0.2) is 66.3 Å². The van der Waals surface area contributed by atoms with Crippen molar-refractivity contribution in [3.8, 4) is 11.1 Å². The molecule has 0 saturated heterocycles. The van der Waals surface area contributed by atoms with Gasteiger partial charge in [0, 0.05) is 35.6 Å². The molecule has 2 aliphatic rings. The SMILES string of the molecule is CC1(C)CC(=O)C2=C(C1)Nc1ncc(F)cc1[C@@]2(C)c1cccc(-c2ccncc2CC(F)(F)F)c1. The van der Waals surface area contributed by atoms with Gasteiger partial charge in [0.05, 0.1) is 18.0 Å². The molecule has 3 aromatic rings. The third-order valence-electron chi connectivity index (χ3n) is 7.08. The van der Waals surface area contributed by atoms with Gasteiger partial charge < -0.3 is 5.32 Å². The van der Waals surface area contributed by atoms with Crippen LogP contribution in [-0.2, 0) is 16.6 Å². The van der Waals surface area contributed by atoms with Crippen LogP contribution in [0.1, 0.15) is 50.3 Å². The van der Waals surface area contributed by atoms with Crippen molar-refractivity contribution in [2.75, 3.05) is 5.32 Å². The van der Waals surface area contributed by atoms with Crippen molar-refractivity contribution in [1.82, 2.24) is 9.97 Å². The Balaban J connectivity index is 1.72. The summed E-state index contributed by atoms with van der Waals surface area (Å²) in [4.78, 5) is 21.7. The molecule has 2 aromatic heterocycles. The third-order valence-corrected chi connectivity index (χ3v) is 7.08. The molecule has 0 radical (unpaired) electrons. The van der Waals surface area contributed by atoms with E-state index in [9.17, 15) is 22.4 Å². The minimum absolute atomic E-state index is 0.0433. The monoisotopic (exact) mass is 495 g/mol. The lowest BCUT2D eigenvalue weighted by Crippen LogP contribution is -2.42. The van der Waals surface area contributed by atoms with Gasteiger partial charge in [0.25, 0.3) is 0 Å². The zero-order chi connectivity index (χ0) is 25.9. The van der Waals surface area contributed by atoms with Crippen LogP contribution in [0.4, 0.5) is 23.4 Å². The van der Waals surface area contributed by atoms with Gasteiger partial charge in [-0.2, -0.15) is 13.2 Å². The van der Waals surface area contributed by atoms with E-state index in [-0.39, 0.29) is 16.8 Å². The predicted octanol–water partition coefficient (Wildman–Crippen LogP) is 6.76. The van der Waals surface area contributed by atoms with Crippen molar-refractivity contribution in [3.63, 3.8) is 0 Å². The highest BCUT2D eigenvalue weighted by atomic mass is 19.4. The van der Waals surface area contributed by atoms with E-state index in [1.54, 1.807) is 24.3 Å². The summed E-state index contributed by atoms with van der Waals surface area (Å²) in [5.41, 5.74) is 2.19. The molecule has 3 heterocycles. The Hall–Kier alpha value is -3.55. The summed E-state index contributed by atoms with van der Waals surface area (Å²) in [6.07, 6.45) is -0.741. The molecule has 8 heteroatoms. The van der Waals surface area contributed by atoms with Gasteiger partial charge >= 0.3 is 6.18 Å². The summed E-state index contributed by atoms with van der Waals surface area (Å²) in [5, 5.41) is 3.27. The molecule has 186 valence electrons. The second-order valence-electron chi connectivity index (χ2n) is 10.5. The van der Waals surface area contributed by atoms with Gasteiger partial charge in [0.15, 0.2) is 5.78 Å². The number of hydrogen-bond donors (Lipinski definition) is 1. The summed E-state index contributed by atoms with van der Waals surface area (Å²) < 4.78 is 54.2. The number of fused-ring (bicyclic) bond motifs is 1. The van der Waals surface area contributed by atoms with Gasteiger partial charge in [-0.1, -0.05) is 32.0 Å². The number of alkyl halides is 3. The van der Waals surface area contributed by atoms with Gasteiger partial charge in [-0.25, -0.2) is 9.37 Å². The second-order valence-corrected chi connectivity index (χ2v) is 10.5. The first-order chi connectivity index (χ1) is 16.9. The van der Waals surface area contributed by atoms with Crippen molar-refractivity contribution < 1.29 is 22.4 Å². The largest absolute Gasteiger partial charge is 0.393 e. The standard InChI is InChI=1S/C28H25F4N3O/c1-26(2)12-22-24(23(36)13-26)27(3,21-10-19(29)15-34-25(21)35-22)18-6-4-5-16(9-18)20-7-8-33-14-17(20)11-28(30,31)32/h4-10,14-15H,11-13H2,1-3H3,(H,34,35)/t27-/m1/s1. The van der Waals surface area contributed by atoms with E-state index in [2.05, 4.69) is 15.3 Å². The van der Waals surface area contributed by atoms with Gasteiger partial charge in [-0.05, 0) is 59.2 Å². The maximum atomic E-state index is 14.4. The first-order valence-electron chi connectivity index (χ1n) is 11.7. The fourth-order valence-corrected chi connectivity index (χ4v) is 5.57. The molecule has 1 atom stereocenters. The molecule has 0 saturated carbocycles. The topological polar surface area (TPSA) is 54.9 Å². The van der Waals surface area contributed by atoms with E-state index in [1.165, 1.54) is 18.5 Å². The predicted molar refractivity (Wildman–Crippen MR) is 129 cm³/mol. The Morgan fingerprint density at radius 2 is 1.83 bits per heavy atom. The highest BCUT2D eigenvalue weighted by molar-refractivity contribution is 6.02. The number of Topliss-reactive ketones (excluding diaryl/α,β-unsaturated/α-hetero) is 1. The molecule has 0 bridgehead atoms. The van der Waals surface area contributed by atoms with Crippen LogP contribution in [0, 0.1) is 11.2 Å². The number of nitrogens with one attached hydrogen (secondary N) is 1. The third kappa shape index (κ3) is 4.18. The number of ketones is 1. The Morgan fingerprint density at radius 3 is 2.58 bits per heavy atom. The molecule has 0 fully saturated rings. The van der Waals surface area contributed by atoms with Gasteiger partial charge in [0.1, 0.15) is 11.6 Å². The number of aromatic nitrogens is 2. The number of benzene rings is 1. The fraction of sp³-hybridized carbons (Fsp3) is 0.321. The minimum atomic E-state index is -4.39. The second kappa shape index (κ2) is 8.25. The number of halogens is 4. The average molecular weight is 496 g/mol. The Bertz CT molecular complexity index is 1410. The molecule has 36 heavy (non-hydrogen) atoms. The van der Waals surface area contributed by atoms with E-state index in [0.717, 1.165) is 11.9 Å². The highest BCUT2D eigenvalue weighted by Gasteiger charge is 2.48. The zero-order valence-corrected chi connectivity index (χ0v) is 20.1. The molecular formula is C28H25F4N3O. The van der Waals surface area contributed by atoms with Crippen LogP contribution < -0.4 is 5.32 Å².